The number of alkyl halides is 2. The molecule has 0 atom stereocenters. The summed E-state index contributed by atoms with van der Waals surface area (Å²) in [5.74, 6) is 1.22. The maximum Gasteiger partial charge on any atom is 0.387 e. The minimum Gasteiger partial charge on any atom is -0.481 e. The first-order chi connectivity index (χ1) is 10.7. The highest BCUT2D eigenvalue weighted by Crippen LogP contribution is 2.27. The highest BCUT2D eigenvalue weighted by atomic mass is 19.3. The van der Waals surface area contributed by atoms with Crippen LogP contribution in [0.4, 0.5) is 14.7 Å². The summed E-state index contributed by atoms with van der Waals surface area (Å²) in [6.07, 6.45) is 2.43. The van der Waals surface area contributed by atoms with E-state index in [1.807, 2.05) is 11.0 Å². The van der Waals surface area contributed by atoms with Crippen LogP contribution in [0.5, 0.6) is 11.6 Å². The minimum absolute atomic E-state index is 0.169. The smallest absolute Gasteiger partial charge is 0.387 e. The van der Waals surface area contributed by atoms with Crippen molar-refractivity contribution in [3.8, 4) is 11.6 Å². The second-order valence-electron chi connectivity index (χ2n) is 4.88. The SMILES string of the molecule is COc1ccnc(N2CCc3ccc(OC(F)F)cc3C2)n1. The second-order valence-corrected chi connectivity index (χ2v) is 4.88. The van der Waals surface area contributed by atoms with E-state index in [0.29, 0.717) is 18.4 Å². The molecule has 0 radical (unpaired) electrons. The van der Waals surface area contributed by atoms with Crippen LogP contribution in [-0.2, 0) is 13.0 Å². The second kappa shape index (κ2) is 6.13. The van der Waals surface area contributed by atoms with Gasteiger partial charge >= 0.3 is 6.61 Å². The third-order valence-electron chi connectivity index (χ3n) is 3.52. The van der Waals surface area contributed by atoms with Gasteiger partial charge in [0.05, 0.1) is 7.11 Å². The zero-order chi connectivity index (χ0) is 15.5. The Bertz CT molecular complexity index is 667. The van der Waals surface area contributed by atoms with Crippen LogP contribution in [0, 0.1) is 0 Å². The number of hydrogen-bond donors (Lipinski definition) is 0. The predicted octanol–water partition coefficient (Wildman–Crippen LogP) is 2.65. The van der Waals surface area contributed by atoms with Crippen LogP contribution in [-0.4, -0.2) is 30.2 Å². The Morgan fingerprint density at radius 2 is 2.09 bits per heavy atom. The van der Waals surface area contributed by atoms with Crippen molar-refractivity contribution in [3.63, 3.8) is 0 Å². The van der Waals surface area contributed by atoms with Crippen molar-refractivity contribution in [1.29, 1.82) is 0 Å². The molecule has 3 rings (SSSR count). The van der Waals surface area contributed by atoms with E-state index in [2.05, 4.69) is 14.7 Å². The van der Waals surface area contributed by atoms with Crippen LogP contribution in [0.2, 0.25) is 0 Å². The molecule has 1 aliphatic rings. The van der Waals surface area contributed by atoms with Crippen molar-refractivity contribution < 1.29 is 18.3 Å². The van der Waals surface area contributed by atoms with Gasteiger partial charge in [-0.05, 0) is 29.7 Å². The van der Waals surface area contributed by atoms with Crippen LogP contribution in [0.25, 0.3) is 0 Å². The molecule has 1 aromatic heterocycles. The number of benzene rings is 1. The highest BCUT2D eigenvalue weighted by molar-refractivity contribution is 5.43. The molecule has 116 valence electrons. The lowest BCUT2D eigenvalue weighted by atomic mass is 10.00. The van der Waals surface area contributed by atoms with E-state index in [1.165, 1.54) is 0 Å². The van der Waals surface area contributed by atoms with Crippen LogP contribution in [0.3, 0.4) is 0 Å². The summed E-state index contributed by atoms with van der Waals surface area (Å²) in [7, 11) is 1.55. The number of fused-ring (bicyclic) bond motifs is 1. The van der Waals surface area contributed by atoms with Gasteiger partial charge in [0, 0.05) is 25.4 Å². The molecule has 0 spiro atoms. The van der Waals surface area contributed by atoms with Crippen molar-refractivity contribution >= 4 is 5.95 Å². The van der Waals surface area contributed by atoms with Crippen LogP contribution >= 0.6 is 0 Å². The summed E-state index contributed by atoms with van der Waals surface area (Å²) >= 11 is 0. The van der Waals surface area contributed by atoms with Gasteiger partial charge in [0.1, 0.15) is 5.75 Å². The molecule has 2 heterocycles. The highest BCUT2D eigenvalue weighted by Gasteiger charge is 2.20. The number of halogens is 2. The van der Waals surface area contributed by atoms with Crippen molar-refractivity contribution in [2.24, 2.45) is 0 Å². The minimum atomic E-state index is -2.82. The third-order valence-corrected chi connectivity index (χ3v) is 3.52. The van der Waals surface area contributed by atoms with Crippen LogP contribution in [0.1, 0.15) is 11.1 Å². The van der Waals surface area contributed by atoms with E-state index in [9.17, 15) is 8.78 Å². The summed E-state index contributed by atoms with van der Waals surface area (Å²) in [5.41, 5.74) is 2.07. The van der Waals surface area contributed by atoms with Gasteiger partial charge in [-0.15, -0.1) is 0 Å². The molecule has 22 heavy (non-hydrogen) atoms. The van der Waals surface area contributed by atoms with Gasteiger partial charge in [-0.25, -0.2) is 4.98 Å². The molecule has 1 aromatic carbocycles. The molecule has 1 aliphatic heterocycles. The zero-order valence-electron chi connectivity index (χ0n) is 12.0. The number of nitrogens with zero attached hydrogens (tertiary/aromatic N) is 3. The normalized spacial score (nSPS) is 13.9. The lowest BCUT2D eigenvalue weighted by molar-refractivity contribution is -0.0499. The van der Waals surface area contributed by atoms with Crippen molar-refractivity contribution in [1.82, 2.24) is 9.97 Å². The molecule has 0 fully saturated rings. The molecule has 7 heteroatoms. The zero-order valence-corrected chi connectivity index (χ0v) is 12.0. The van der Waals surface area contributed by atoms with E-state index < -0.39 is 6.61 Å². The summed E-state index contributed by atoms with van der Waals surface area (Å²) in [5, 5.41) is 0. The monoisotopic (exact) mass is 307 g/mol. The lowest BCUT2D eigenvalue weighted by Gasteiger charge is -2.29. The average molecular weight is 307 g/mol. The fourth-order valence-electron chi connectivity index (χ4n) is 2.48. The number of aromatic nitrogens is 2. The fraction of sp³-hybridized carbons (Fsp3) is 0.333. The molecule has 0 bridgehead atoms. The fourth-order valence-corrected chi connectivity index (χ4v) is 2.48. The molecule has 5 nitrogen and oxygen atoms in total. The first-order valence-corrected chi connectivity index (χ1v) is 6.84. The maximum atomic E-state index is 12.3. The van der Waals surface area contributed by atoms with Gasteiger partial charge in [-0.2, -0.15) is 13.8 Å². The number of rotatable bonds is 4. The van der Waals surface area contributed by atoms with Crippen LogP contribution in [0.15, 0.2) is 30.5 Å². The molecule has 0 N–H and O–H groups in total. The Morgan fingerprint density at radius 3 is 2.86 bits per heavy atom. The van der Waals surface area contributed by atoms with E-state index in [-0.39, 0.29) is 5.75 Å². The Morgan fingerprint density at radius 1 is 1.23 bits per heavy atom. The van der Waals surface area contributed by atoms with E-state index in [4.69, 9.17) is 4.74 Å². The molecular formula is C15H15F2N3O2. The summed E-state index contributed by atoms with van der Waals surface area (Å²) in [4.78, 5) is 10.5. The molecule has 0 unspecified atom stereocenters. The van der Waals surface area contributed by atoms with Gasteiger partial charge < -0.3 is 14.4 Å². The number of methoxy groups -OCH3 is 1. The van der Waals surface area contributed by atoms with Gasteiger partial charge in [-0.3, -0.25) is 0 Å². The molecular weight excluding hydrogens is 292 g/mol. The number of anilines is 1. The molecule has 0 saturated heterocycles. The predicted molar refractivity (Wildman–Crippen MR) is 76.4 cm³/mol. The first-order valence-electron chi connectivity index (χ1n) is 6.84. The Labute approximate surface area is 126 Å². The van der Waals surface area contributed by atoms with E-state index in [0.717, 1.165) is 24.1 Å². The Kier molecular flexibility index (Phi) is 4.04. The summed E-state index contributed by atoms with van der Waals surface area (Å²) < 4.78 is 34.2. The molecule has 0 aliphatic carbocycles. The lowest BCUT2D eigenvalue weighted by Crippen LogP contribution is -2.31. The van der Waals surface area contributed by atoms with Crippen molar-refractivity contribution in [2.45, 2.75) is 19.6 Å². The molecule has 0 amide bonds. The van der Waals surface area contributed by atoms with E-state index in [1.54, 1.807) is 31.5 Å². The maximum absolute atomic E-state index is 12.3. The Hall–Kier alpha value is -2.44. The number of hydrogen-bond acceptors (Lipinski definition) is 5. The molecule has 0 saturated carbocycles. The van der Waals surface area contributed by atoms with Gasteiger partial charge in [0.25, 0.3) is 0 Å². The molecule has 2 aromatic rings. The van der Waals surface area contributed by atoms with Crippen molar-refractivity contribution in [2.75, 3.05) is 18.6 Å². The topological polar surface area (TPSA) is 47.5 Å². The van der Waals surface area contributed by atoms with Gasteiger partial charge in [-0.1, -0.05) is 6.07 Å². The number of ether oxygens (including phenoxy) is 2. The van der Waals surface area contributed by atoms with Gasteiger partial charge in [0.15, 0.2) is 0 Å². The quantitative estimate of drug-likeness (QED) is 0.869. The first kappa shape index (κ1) is 14.5. The standard InChI is InChI=1S/C15H15F2N3O2/c1-21-13-4-6-18-15(19-13)20-7-5-10-2-3-12(22-14(16)17)8-11(10)9-20/h2-4,6,8,14H,5,7,9H2,1H3. The van der Waals surface area contributed by atoms with Gasteiger partial charge in [0.2, 0.25) is 11.8 Å². The van der Waals surface area contributed by atoms with Crippen molar-refractivity contribution in [3.05, 3.63) is 41.6 Å². The summed E-state index contributed by atoms with van der Waals surface area (Å²) in [6, 6.07) is 6.73. The third kappa shape index (κ3) is 3.08. The largest absolute Gasteiger partial charge is 0.481 e. The summed E-state index contributed by atoms with van der Waals surface area (Å²) in [6.45, 7) is -1.52. The Balaban J connectivity index is 1.82. The average Bonchev–Trinajstić information content (AvgIpc) is 2.53. The van der Waals surface area contributed by atoms with Crippen LogP contribution < -0.4 is 14.4 Å². The van der Waals surface area contributed by atoms with E-state index >= 15 is 0 Å².